The Kier molecular flexibility index (Phi) is 2.78. The van der Waals surface area contributed by atoms with Gasteiger partial charge in [-0.05, 0) is 25.1 Å². The number of nitrogens with zero attached hydrogens (tertiary/aromatic N) is 1. The number of nitrogens with one attached hydrogen (secondary N) is 1. The van der Waals surface area contributed by atoms with Gasteiger partial charge in [-0.25, -0.2) is 4.39 Å². The van der Waals surface area contributed by atoms with E-state index in [0.717, 1.165) is 6.07 Å². The highest BCUT2D eigenvalue weighted by Crippen LogP contribution is 2.14. The number of anilines is 2. The lowest BCUT2D eigenvalue weighted by atomic mass is 10.2. The number of carbonyl (C=O) groups is 1. The van der Waals surface area contributed by atoms with Crippen molar-refractivity contribution in [3.8, 4) is 0 Å². The Morgan fingerprint density at radius 3 is 2.88 bits per heavy atom. The molecule has 2 rings (SSSR count). The summed E-state index contributed by atoms with van der Waals surface area (Å²) in [6, 6.07) is 5.31. The first-order chi connectivity index (χ1) is 8.06. The number of aromatic nitrogens is 1. The summed E-state index contributed by atoms with van der Waals surface area (Å²) in [6.45, 7) is 1.68. The summed E-state index contributed by atoms with van der Waals surface area (Å²) in [4.78, 5) is 11.7. The molecule has 6 heteroatoms. The third-order valence-electron chi connectivity index (χ3n) is 2.10. The van der Waals surface area contributed by atoms with Gasteiger partial charge in [0.2, 0.25) is 0 Å². The first-order valence-electron chi connectivity index (χ1n) is 4.86. The number of halogens is 1. The van der Waals surface area contributed by atoms with Gasteiger partial charge in [0.15, 0.2) is 5.82 Å². The molecule has 0 fully saturated rings. The number of hydrogen-bond acceptors (Lipinski definition) is 4. The fourth-order valence-corrected chi connectivity index (χ4v) is 1.33. The van der Waals surface area contributed by atoms with Crippen molar-refractivity contribution in [2.75, 3.05) is 11.1 Å². The summed E-state index contributed by atoms with van der Waals surface area (Å²) < 4.78 is 18.1. The number of amides is 1. The molecule has 0 spiro atoms. The van der Waals surface area contributed by atoms with Gasteiger partial charge in [-0.15, -0.1) is 0 Å². The van der Waals surface area contributed by atoms with Crippen molar-refractivity contribution in [2.24, 2.45) is 0 Å². The highest BCUT2D eigenvalue weighted by molar-refractivity contribution is 6.04. The van der Waals surface area contributed by atoms with Gasteiger partial charge in [0.25, 0.3) is 5.91 Å². The zero-order chi connectivity index (χ0) is 12.4. The Labute approximate surface area is 96.4 Å². The number of hydrogen-bond donors (Lipinski definition) is 2. The largest absolute Gasteiger partial charge is 0.399 e. The zero-order valence-electron chi connectivity index (χ0n) is 9.03. The minimum atomic E-state index is -0.642. The molecule has 88 valence electrons. The number of rotatable bonds is 2. The molecule has 0 aliphatic carbocycles. The van der Waals surface area contributed by atoms with Crippen LogP contribution in [0.5, 0.6) is 0 Å². The van der Waals surface area contributed by atoms with Gasteiger partial charge >= 0.3 is 0 Å². The monoisotopic (exact) mass is 235 g/mol. The molecule has 0 bridgehead atoms. The zero-order valence-corrected chi connectivity index (χ0v) is 9.03. The number of nitrogens with two attached hydrogens (primary N) is 1. The highest BCUT2D eigenvalue weighted by atomic mass is 19.1. The average molecular weight is 235 g/mol. The molecule has 0 unspecified atom stereocenters. The number of aryl methyl sites for hydroxylation is 1. The van der Waals surface area contributed by atoms with Crippen molar-refractivity contribution >= 4 is 17.4 Å². The molecular weight excluding hydrogens is 225 g/mol. The molecule has 2 aromatic rings. The van der Waals surface area contributed by atoms with E-state index in [-0.39, 0.29) is 11.4 Å². The van der Waals surface area contributed by atoms with Crippen molar-refractivity contribution in [3.63, 3.8) is 0 Å². The Bertz CT molecular complexity index is 566. The topological polar surface area (TPSA) is 81.2 Å². The van der Waals surface area contributed by atoms with Gasteiger partial charge < -0.3 is 15.6 Å². The van der Waals surface area contributed by atoms with Crippen LogP contribution in [0.15, 0.2) is 28.8 Å². The molecule has 1 heterocycles. The van der Waals surface area contributed by atoms with Crippen molar-refractivity contribution in [1.29, 1.82) is 0 Å². The highest BCUT2D eigenvalue weighted by Gasteiger charge is 2.13. The standard InChI is InChI=1S/C11H10FN3O2/c1-6-4-10(15-17-6)14-11(16)8-5-7(13)2-3-9(8)12/h2-5H,13H2,1H3,(H,14,15,16). The van der Waals surface area contributed by atoms with Crippen LogP contribution in [-0.4, -0.2) is 11.1 Å². The maximum absolute atomic E-state index is 13.4. The molecular formula is C11H10FN3O2. The van der Waals surface area contributed by atoms with E-state index in [1.54, 1.807) is 6.92 Å². The average Bonchev–Trinajstić information content (AvgIpc) is 2.67. The third-order valence-corrected chi connectivity index (χ3v) is 2.10. The predicted molar refractivity (Wildman–Crippen MR) is 60.0 cm³/mol. The van der Waals surface area contributed by atoms with E-state index in [2.05, 4.69) is 10.5 Å². The second-order valence-corrected chi connectivity index (χ2v) is 3.52. The minimum absolute atomic E-state index is 0.134. The van der Waals surface area contributed by atoms with Crippen LogP contribution in [0.4, 0.5) is 15.9 Å². The Morgan fingerprint density at radius 2 is 2.24 bits per heavy atom. The van der Waals surface area contributed by atoms with Gasteiger partial charge in [0.1, 0.15) is 11.6 Å². The van der Waals surface area contributed by atoms with E-state index in [9.17, 15) is 9.18 Å². The number of carbonyl (C=O) groups excluding carboxylic acids is 1. The van der Waals surface area contributed by atoms with Crippen LogP contribution in [0.25, 0.3) is 0 Å². The molecule has 0 aliphatic heterocycles. The molecule has 3 N–H and O–H groups in total. The molecule has 0 saturated heterocycles. The normalized spacial score (nSPS) is 10.2. The van der Waals surface area contributed by atoms with Crippen molar-refractivity contribution in [3.05, 3.63) is 41.4 Å². The summed E-state index contributed by atoms with van der Waals surface area (Å²) in [5.74, 6) is -0.484. The van der Waals surface area contributed by atoms with Crippen LogP contribution in [0.1, 0.15) is 16.1 Å². The molecule has 17 heavy (non-hydrogen) atoms. The van der Waals surface area contributed by atoms with Crippen LogP contribution < -0.4 is 11.1 Å². The van der Waals surface area contributed by atoms with E-state index in [4.69, 9.17) is 10.3 Å². The van der Waals surface area contributed by atoms with E-state index in [0.29, 0.717) is 11.4 Å². The van der Waals surface area contributed by atoms with Crippen molar-refractivity contribution in [2.45, 2.75) is 6.92 Å². The van der Waals surface area contributed by atoms with Crippen molar-refractivity contribution < 1.29 is 13.7 Å². The molecule has 0 radical (unpaired) electrons. The third kappa shape index (κ3) is 2.41. The second-order valence-electron chi connectivity index (χ2n) is 3.52. The quantitative estimate of drug-likeness (QED) is 0.779. The van der Waals surface area contributed by atoms with Crippen LogP contribution in [0, 0.1) is 12.7 Å². The van der Waals surface area contributed by atoms with Gasteiger partial charge in [0, 0.05) is 11.8 Å². The van der Waals surface area contributed by atoms with Crippen molar-refractivity contribution in [1.82, 2.24) is 5.16 Å². The van der Waals surface area contributed by atoms with E-state index >= 15 is 0 Å². The Hall–Kier alpha value is -2.37. The molecule has 0 saturated carbocycles. The lowest BCUT2D eigenvalue weighted by molar-refractivity contribution is 0.102. The summed E-state index contributed by atoms with van der Waals surface area (Å²) in [5, 5.41) is 5.98. The van der Waals surface area contributed by atoms with Crippen LogP contribution in [0.3, 0.4) is 0 Å². The SMILES string of the molecule is Cc1cc(NC(=O)c2cc(N)ccc2F)no1. The fraction of sp³-hybridized carbons (Fsp3) is 0.0909. The molecule has 0 aliphatic rings. The minimum Gasteiger partial charge on any atom is -0.399 e. The van der Waals surface area contributed by atoms with Gasteiger partial charge in [-0.1, -0.05) is 5.16 Å². The summed E-state index contributed by atoms with van der Waals surface area (Å²) in [5.41, 5.74) is 5.66. The summed E-state index contributed by atoms with van der Waals surface area (Å²) in [6.07, 6.45) is 0. The first kappa shape index (κ1) is 11.1. The summed E-state index contributed by atoms with van der Waals surface area (Å²) in [7, 11) is 0. The van der Waals surface area contributed by atoms with Crippen LogP contribution >= 0.6 is 0 Å². The predicted octanol–water partition coefficient (Wildman–Crippen LogP) is 1.96. The maximum atomic E-state index is 13.4. The second kappa shape index (κ2) is 4.25. The van der Waals surface area contributed by atoms with Gasteiger partial charge in [0.05, 0.1) is 5.56 Å². The van der Waals surface area contributed by atoms with Gasteiger partial charge in [-0.3, -0.25) is 4.79 Å². The van der Waals surface area contributed by atoms with E-state index in [1.165, 1.54) is 18.2 Å². The Balaban J connectivity index is 2.22. The fourth-order valence-electron chi connectivity index (χ4n) is 1.33. The molecule has 0 atom stereocenters. The molecule has 5 nitrogen and oxygen atoms in total. The first-order valence-corrected chi connectivity index (χ1v) is 4.86. The molecule has 1 amide bonds. The Morgan fingerprint density at radius 1 is 1.47 bits per heavy atom. The lowest BCUT2D eigenvalue weighted by Gasteiger charge is -2.03. The maximum Gasteiger partial charge on any atom is 0.259 e. The van der Waals surface area contributed by atoms with Crippen LogP contribution in [-0.2, 0) is 0 Å². The molecule has 1 aromatic heterocycles. The molecule has 1 aromatic carbocycles. The van der Waals surface area contributed by atoms with E-state index in [1.807, 2.05) is 0 Å². The number of benzene rings is 1. The van der Waals surface area contributed by atoms with E-state index < -0.39 is 11.7 Å². The summed E-state index contributed by atoms with van der Waals surface area (Å²) >= 11 is 0. The van der Waals surface area contributed by atoms with Gasteiger partial charge in [-0.2, -0.15) is 0 Å². The van der Waals surface area contributed by atoms with Crippen LogP contribution in [0.2, 0.25) is 0 Å². The smallest absolute Gasteiger partial charge is 0.259 e. The lowest BCUT2D eigenvalue weighted by Crippen LogP contribution is -2.14. The number of nitrogen functional groups attached to an aromatic ring is 1.